The molecule has 0 saturated carbocycles. The molecule has 9 nitrogen and oxygen atoms in total. The summed E-state index contributed by atoms with van der Waals surface area (Å²) in [5.74, 6) is -1.81. The normalized spacial score (nSPS) is 14.1. The molecule has 190 valence electrons. The highest BCUT2D eigenvalue weighted by atomic mass is 16.5. The maximum absolute atomic E-state index is 12.8. The van der Waals surface area contributed by atoms with E-state index in [0.29, 0.717) is 24.4 Å². The molecule has 2 N–H and O–H groups in total. The summed E-state index contributed by atoms with van der Waals surface area (Å²) >= 11 is 0. The van der Waals surface area contributed by atoms with Gasteiger partial charge >= 0.3 is 5.97 Å². The van der Waals surface area contributed by atoms with Crippen molar-refractivity contribution in [2.24, 2.45) is 0 Å². The lowest BCUT2D eigenvalue weighted by Gasteiger charge is -2.28. The first-order valence-electron chi connectivity index (χ1n) is 11.5. The summed E-state index contributed by atoms with van der Waals surface area (Å²) in [5, 5.41) is 21.0. The van der Waals surface area contributed by atoms with Crippen molar-refractivity contribution in [1.82, 2.24) is 4.90 Å². The van der Waals surface area contributed by atoms with Gasteiger partial charge in [0, 0.05) is 19.2 Å². The smallest absolute Gasteiger partial charge is 0.306 e. The minimum atomic E-state index is -0.907. The van der Waals surface area contributed by atoms with Crippen LogP contribution in [-0.2, 0) is 29.0 Å². The van der Waals surface area contributed by atoms with E-state index in [9.17, 15) is 19.8 Å². The van der Waals surface area contributed by atoms with Crippen molar-refractivity contribution in [3.63, 3.8) is 0 Å². The molecule has 3 aromatic rings. The van der Waals surface area contributed by atoms with E-state index in [2.05, 4.69) is 17.0 Å². The molecule has 1 aliphatic heterocycles. The average Bonchev–Trinajstić information content (AvgIpc) is 2.89. The molecule has 4 rings (SSSR count). The molecule has 1 atom stereocenters. The van der Waals surface area contributed by atoms with Crippen LogP contribution in [-0.4, -0.2) is 49.0 Å². The number of carbonyl (C=O) groups excluding carboxylic acids is 1. The number of rotatable bonds is 8. The Kier molecular flexibility index (Phi) is 7.49. The standard InChI is InChI=1S/C27H29NO8/c1-33-22-10-18(11-23(34-2)26(22)32)20(13-24(30)35-3)27-25(31)21(29)12-19(36-27)15-28-9-8-16-6-4-5-7-17(16)14-28/h4-7,10-12,20,31-32H,8-9,13-15H2,1-3H3. The number of nitrogens with zero attached hydrogens (tertiary/aromatic N) is 1. The minimum absolute atomic E-state index is 0.0740. The van der Waals surface area contributed by atoms with Crippen molar-refractivity contribution in [2.75, 3.05) is 27.9 Å². The molecule has 2 aromatic carbocycles. The SMILES string of the molecule is COC(=O)CC(c1cc(OC)c(O)c(OC)c1)c1oc(CN2CCc3ccccc3C2)cc(=O)c1O. The van der Waals surface area contributed by atoms with Crippen LogP contribution in [0.4, 0.5) is 0 Å². The fourth-order valence-corrected chi connectivity index (χ4v) is 4.51. The van der Waals surface area contributed by atoms with Gasteiger partial charge in [0.15, 0.2) is 17.3 Å². The number of methoxy groups -OCH3 is 3. The van der Waals surface area contributed by atoms with Crippen molar-refractivity contribution < 1.29 is 33.6 Å². The Morgan fingerprint density at radius 2 is 1.69 bits per heavy atom. The fraction of sp³-hybridized carbons (Fsp3) is 0.333. The average molecular weight is 496 g/mol. The van der Waals surface area contributed by atoms with E-state index in [1.165, 1.54) is 50.7 Å². The molecule has 1 aliphatic rings. The van der Waals surface area contributed by atoms with Crippen molar-refractivity contribution in [2.45, 2.75) is 31.8 Å². The number of phenols is 1. The highest BCUT2D eigenvalue weighted by molar-refractivity contribution is 5.71. The zero-order chi connectivity index (χ0) is 25.8. The molecular weight excluding hydrogens is 466 g/mol. The van der Waals surface area contributed by atoms with Gasteiger partial charge < -0.3 is 28.8 Å². The van der Waals surface area contributed by atoms with Crippen LogP contribution in [0.5, 0.6) is 23.0 Å². The molecule has 0 spiro atoms. The number of ether oxygens (including phenoxy) is 3. The van der Waals surface area contributed by atoms with Gasteiger partial charge in [0.25, 0.3) is 0 Å². The predicted molar refractivity (Wildman–Crippen MR) is 131 cm³/mol. The zero-order valence-electron chi connectivity index (χ0n) is 20.4. The van der Waals surface area contributed by atoms with Crippen molar-refractivity contribution in [1.29, 1.82) is 0 Å². The van der Waals surface area contributed by atoms with Crippen LogP contribution in [0, 0.1) is 0 Å². The Morgan fingerprint density at radius 1 is 1.03 bits per heavy atom. The first-order valence-corrected chi connectivity index (χ1v) is 11.5. The number of carbonyl (C=O) groups is 1. The van der Waals surface area contributed by atoms with Crippen LogP contribution in [0.1, 0.15) is 40.5 Å². The first kappa shape index (κ1) is 25.1. The maximum Gasteiger partial charge on any atom is 0.306 e. The number of fused-ring (bicyclic) bond motifs is 1. The first-order chi connectivity index (χ1) is 17.3. The summed E-state index contributed by atoms with van der Waals surface area (Å²) < 4.78 is 21.4. The molecule has 0 radical (unpaired) electrons. The van der Waals surface area contributed by atoms with Gasteiger partial charge in [0.05, 0.1) is 40.2 Å². The van der Waals surface area contributed by atoms with E-state index in [0.717, 1.165) is 13.0 Å². The Hall–Kier alpha value is -3.98. The van der Waals surface area contributed by atoms with Crippen molar-refractivity contribution in [3.8, 4) is 23.0 Å². The third kappa shape index (κ3) is 5.16. The second-order valence-electron chi connectivity index (χ2n) is 8.63. The summed E-state index contributed by atoms with van der Waals surface area (Å²) in [5.41, 5.74) is 2.33. The van der Waals surface area contributed by atoms with Gasteiger partial charge in [-0.3, -0.25) is 14.5 Å². The molecule has 9 heteroatoms. The Morgan fingerprint density at radius 3 is 2.33 bits per heavy atom. The molecule has 0 saturated heterocycles. The highest BCUT2D eigenvalue weighted by Crippen LogP contribution is 2.42. The van der Waals surface area contributed by atoms with Crippen molar-refractivity contribution >= 4 is 5.97 Å². The number of phenolic OH excluding ortho intramolecular Hbond substituents is 1. The van der Waals surface area contributed by atoms with Crippen LogP contribution in [0.2, 0.25) is 0 Å². The summed E-state index contributed by atoms with van der Waals surface area (Å²) in [6.07, 6.45) is 0.647. The number of hydrogen-bond acceptors (Lipinski definition) is 9. The molecule has 0 amide bonds. The lowest BCUT2D eigenvalue weighted by atomic mass is 9.91. The number of hydrogen-bond donors (Lipinski definition) is 2. The van der Waals surface area contributed by atoms with Gasteiger partial charge in [-0.05, 0) is 35.2 Å². The molecule has 1 aromatic heterocycles. The molecule has 2 heterocycles. The Bertz CT molecular complexity index is 1290. The van der Waals surface area contributed by atoms with Crippen LogP contribution in [0.3, 0.4) is 0 Å². The van der Waals surface area contributed by atoms with E-state index in [4.69, 9.17) is 18.6 Å². The second kappa shape index (κ2) is 10.7. The van der Waals surface area contributed by atoms with Gasteiger partial charge in [-0.1, -0.05) is 24.3 Å². The molecule has 36 heavy (non-hydrogen) atoms. The Balaban J connectivity index is 1.73. The molecule has 1 unspecified atom stereocenters. The zero-order valence-corrected chi connectivity index (χ0v) is 20.4. The minimum Gasteiger partial charge on any atom is -0.502 e. The molecule has 0 fully saturated rings. The van der Waals surface area contributed by atoms with Crippen LogP contribution in [0.15, 0.2) is 51.7 Å². The molecule has 0 aliphatic carbocycles. The quantitative estimate of drug-likeness (QED) is 0.454. The van der Waals surface area contributed by atoms with Crippen LogP contribution in [0.25, 0.3) is 0 Å². The van der Waals surface area contributed by atoms with E-state index in [1.807, 2.05) is 12.1 Å². The van der Waals surface area contributed by atoms with Gasteiger partial charge in [-0.15, -0.1) is 0 Å². The van der Waals surface area contributed by atoms with Crippen LogP contribution < -0.4 is 14.9 Å². The fourth-order valence-electron chi connectivity index (χ4n) is 4.51. The highest BCUT2D eigenvalue weighted by Gasteiger charge is 2.29. The molecular formula is C27H29NO8. The second-order valence-corrected chi connectivity index (χ2v) is 8.63. The topological polar surface area (TPSA) is 119 Å². The Labute approximate surface area is 208 Å². The van der Waals surface area contributed by atoms with Crippen molar-refractivity contribution in [3.05, 3.63) is 80.9 Å². The summed E-state index contributed by atoms with van der Waals surface area (Å²) in [6.45, 7) is 1.84. The van der Waals surface area contributed by atoms with E-state index >= 15 is 0 Å². The third-order valence-corrected chi connectivity index (χ3v) is 6.41. The van der Waals surface area contributed by atoms with Gasteiger partial charge in [-0.2, -0.15) is 0 Å². The number of benzene rings is 2. The maximum atomic E-state index is 12.8. The molecule has 0 bridgehead atoms. The van der Waals surface area contributed by atoms with Gasteiger partial charge in [0.2, 0.25) is 16.9 Å². The lowest BCUT2D eigenvalue weighted by Crippen LogP contribution is -2.30. The summed E-state index contributed by atoms with van der Waals surface area (Å²) in [7, 11) is 4.00. The van der Waals surface area contributed by atoms with Gasteiger partial charge in [-0.25, -0.2) is 0 Å². The van der Waals surface area contributed by atoms with Gasteiger partial charge in [0.1, 0.15) is 5.76 Å². The predicted octanol–water partition coefficient (Wildman–Crippen LogP) is 3.32. The monoisotopic (exact) mass is 495 g/mol. The summed E-state index contributed by atoms with van der Waals surface area (Å²) in [4.78, 5) is 27.2. The van der Waals surface area contributed by atoms with Crippen LogP contribution >= 0.6 is 0 Å². The number of esters is 1. The largest absolute Gasteiger partial charge is 0.502 e. The summed E-state index contributed by atoms with van der Waals surface area (Å²) in [6, 6.07) is 12.5. The van der Waals surface area contributed by atoms with E-state index in [1.54, 1.807) is 0 Å². The van der Waals surface area contributed by atoms with E-state index < -0.39 is 23.1 Å². The third-order valence-electron chi connectivity index (χ3n) is 6.41. The van der Waals surface area contributed by atoms with E-state index in [-0.39, 0.29) is 29.4 Å². The number of aromatic hydroxyl groups is 2. The lowest BCUT2D eigenvalue weighted by molar-refractivity contribution is -0.140.